The second kappa shape index (κ2) is 7.16. The number of ether oxygens (including phenoxy) is 1. The van der Waals surface area contributed by atoms with Crippen molar-refractivity contribution in [1.82, 2.24) is 0 Å². The number of carbonyl (C=O) groups excluding carboxylic acids is 3. The molecule has 0 N–H and O–H groups in total. The number of rotatable bonds is 5. The topological polar surface area (TPSA) is 60.4 Å². The largest absolute Gasteiger partial charge is 0.465 e. The quantitative estimate of drug-likeness (QED) is 0.616. The predicted octanol–water partition coefficient (Wildman–Crippen LogP) is 2.35. The highest BCUT2D eigenvalue weighted by Gasteiger charge is 2.41. The van der Waals surface area contributed by atoms with Gasteiger partial charge in [0.15, 0.2) is 5.78 Å². The molecule has 0 radical (unpaired) electrons. The fourth-order valence-corrected chi connectivity index (χ4v) is 2.87. The highest BCUT2D eigenvalue weighted by molar-refractivity contribution is 6.10. The van der Waals surface area contributed by atoms with Crippen LogP contribution in [0.4, 0.5) is 0 Å². The van der Waals surface area contributed by atoms with E-state index in [2.05, 4.69) is 0 Å². The van der Waals surface area contributed by atoms with Crippen molar-refractivity contribution in [3.8, 4) is 0 Å². The van der Waals surface area contributed by atoms with Crippen molar-refractivity contribution < 1.29 is 19.1 Å². The predicted molar refractivity (Wildman–Crippen MR) is 77.6 cm³/mol. The van der Waals surface area contributed by atoms with Gasteiger partial charge in [-0.3, -0.25) is 14.4 Å². The van der Waals surface area contributed by atoms with Gasteiger partial charge in [-0.05, 0) is 31.2 Å². The van der Waals surface area contributed by atoms with Crippen LogP contribution in [0.3, 0.4) is 0 Å². The Balaban J connectivity index is 2.06. The Bertz CT molecular complexity index is 521. The molecule has 4 heteroatoms. The van der Waals surface area contributed by atoms with Gasteiger partial charge >= 0.3 is 5.97 Å². The number of hydrogen-bond donors (Lipinski definition) is 0. The Morgan fingerprint density at radius 1 is 1.24 bits per heavy atom. The van der Waals surface area contributed by atoms with Crippen molar-refractivity contribution in [1.29, 1.82) is 0 Å². The Kier molecular flexibility index (Phi) is 5.26. The molecule has 1 aliphatic carbocycles. The summed E-state index contributed by atoms with van der Waals surface area (Å²) < 4.78 is 5.00. The summed E-state index contributed by atoms with van der Waals surface area (Å²) in [5, 5.41) is 0. The summed E-state index contributed by atoms with van der Waals surface area (Å²) in [4.78, 5) is 35.7. The lowest BCUT2D eigenvalue weighted by molar-refractivity contribution is -0.156. The van der Waals surface area contributed by atoms with Gasteiger partial charge in [0.2, 0.25) is 0 Å². The van der Waals surface area contributed by atoms with E-state index in [1.807, 2.05) is 30.3 Å². The minimum atomic E-state index is -0.772. The van der Waals surface area contributed by atoms with Gasteiger partial charge in [0.25, 0.3) is 0 Å². The molecule has 0 aromatic heterocycles. The van der Waals surface area contributed by atoms with E-state index in [9.17, 15) is 14.4 Å². The lowest BCUT2D eigenvalue weighted by Gasteiger charge is -2.28. The first-order chi connectivity index (χ1) is 10.1. The summed E-state index contributed by atoms with van der Waals surface area (Å²) in [6, 6.07) is 9.86. The molecule has 0 aliphatic heterocycles. The fraction of sp³-hybridized carbons (Fsp3) is 0.471. The standard InChI is InChI=1S/C17H20O4/c1-2-21-17(20)16-13(10-14(18)11-15(16)19)9-8-12-6-4-3-5-7-12/h3-7,13,16H,2,8-11H2,1H3. The number of aryl methyl sites for hydroxylation is 1. The number of benzene rings is 1. The van der Waals surface area contributed by atoms with E-state index < -0.39 is 11.9 Å². The summed E-state index contributed by atoms with van der Waals surface area (Å²) in [6.45, 7) is 1.97. The Morgan fingerprint density at radius 3 is 2.62 bits per heavy atom. The van der Waals surface area contributed by atoms with E-state index in [0.717, 1.165) is 12.0 Å². The van der Waals surface area contributed by atoms with Crippen molar-refractivity contribution in [3.63, 3.8) is 0 Å². The Morgan fingerprint density at radius 2 is 1.95 bits per heavy atom. The molecule has 1 fully saturated rings. The Hall–Kier alpha value is -1.97. The van der Waals surface area contributed by atoms with E-state index in [4.69, 9.17) is 4.74 Å². The van der Waals surface area contributed by atoms with Crippen LogP contribution in [0.2, 0.25) is 0 Å². The zero-order chi connectivity index (χ0) is 15.2. The number of hydrogen-bond acceptors (Lipinski definition) is 4. The SMILES string of the molecule is CCOC(=O)C1C(=O)CC(=O)CC1CCc1ccccc1. The van der Waals surface area contributed by atoms with Gasteiger partial charge in [-0.1, -0.05) is 30.3 Å². The number of ketones is 2. The normalized spacial score (nSPS) is 22.1. The van der Waals surface area contributed by atoms with Gasteiger partial charge in [-0.15, -0.1) is 0 Å². The third-order valence-electron chi connectivity index (χ3n) is 3.87. The van der Waals surface area contributed by atoms with Crippen molar-refractivity contribution in [2.75, 3.05) is 6.61 Å². The van der Waals surface area contributed by atoms with E-state index in [0.29, 0.717) is 12.8 Å². The van der Waals surface area contributed by atoms with Crippen molar-refractivity contribution in [3.05, 3.63) is 35.9 Å². The van der Waals surface area contributed by atoms with E-state index >= 15 is 0 Å². The summed E-state index contributed by atoms with van der Waals surface area (Å²) in [5.74, 6) is -1.85. The second-order valence-corrected chi connectivity index (χ2v) is 5.40. The third kappa shape index (κ3) is 4.00. The minimum Gasteiger partial charge on any atom is -0.465 e. The second-order valence-electron chi connectivity index (χ2n) is 5.40. The minimum absolute atomic E-state index is 0.0707. The summed E-state index contributed by atoms with van der Waals surface area (Å²) in [5.41, 5.74) is 1.14. The molecule has 0 saturated heterocycles. The van der Waals surface area contributed by atoms with Crippen molar-refractivity contribution >= 4 is 17.5 Å². The maximum atomic E-state index is 12.0. The van der Waals surface area contributed by atoms with Gasteiger partial charge in [0.05, 0.1) is 13.0 Å². The molecule has 2 rings (SSSR count). The molecular formula is C17H20O4. The first-order valence-electron chi connectivity index (χ1n) is 7.36. The zero-order valence-corrected chi connectivity index (χ0v) is 12.2. The van der Waals surface area contributed by atoms with Gasteiger partial charge in [0, 0.05) is 6.42 Å². The van der Waals surface area contributed by atoms with Crippen LogP contribution in [-0.2, 0) is 25.5 Å². The maximum Gasteiger partial charge on any atom is 0.316 e. The molecule has 112 valence electrons. The lowest BCUT2D eigenvalue weighted by Crippen LogP contribution is -2.39. The van der Waals surface area contributed by atoms with Gasteiger partial charge < -0.3 is 4.74 Å². The molecule has 1 aliphatic rings. The smallest absolute Gasteiger partial charge is 0.316 e. The molecule has 0 bridgehead atoms. The molecule has 0 amide bonds. The van der Waals surface area contributed by atoms with Crippen LogP contribution < -0.4 is 0 Å². The van der Waals surface area contributed by atoms with Crippen molar-refractivity contribution in [2.45, 2.75) is 32.6 Å². The van der Waals surface area contributed by atoms with Crippen molar-refractivity contribution in [2.24, 2.45) is 11.8 Å². The first kappa shape index (κ1) is 15.4. The van der Waals surface area contributed by atoms with Crippen LogP contribution in [0.25, 0.3) is 0 Å². The van der Waals surface area contributed by atoms with Crippen LogP contribution in [0.5, 0.6) is 0 Å². The van der Waals surface area contributed by atoms with Crippen LogP contribution >= 0.6 is 0 Å². The summed E-state index contributed by atoms with van der Waals surface area (Å²) in [6.07, 6.45) is 1.56. The fourth-order valence-electron chi connectivity index (χ4n) is 2.87. The molecule has 0 spiro atoms. The monoisotopic (exact) mass is 288 g/mol. The highest BCUT2D eigenvalue weighted by Crippen LogP contribution is 2.30. The molecule has 2 unspecified atom stereocenters. The Labute approximate surface area is 124 Å². The van der Waals surface area contributed by atoms with Crippen LogP contribution in [0.15, 0.2) is 30.3 Å². The number of esters is 1. The molecule has 4 nitrogen and oxygen atoms in total. The average Bonchev–Trinajstić information content (AvgIpc) is 2.45. The van der Waals surface area contributed by atoms with Gasteiger partial charge in [0.1, 0.15) is 11.7 Å². The van der Waals surface area contributed by atoms with Crippen LogP contribution in [0, 0.1) is 11.8 Å². The van der Waals surface area contributed by atoms with Gasteiger partial charge in [-0.25, -0.2) is 0 Å². The van der Waals surface area contributed by atoms with E-state index in [-0.39, 0.29) is 30.5 Å². The van der Waals surface area contributed by atoms with E-state index in [1.165, 1.54) is 0 Å². The molecule has 1 aromatic carbocycles. The average molecular weight is 288 g/mol. The zero-order valence-electron chi connectivity index (χ0n) is 12.2. The molecular weight excluding hydrogens is 268 g/mol. The number of carbonyl (C=O) groups is 3. The van der Waals surface area contributed by atoms with Gasteiger partial charge in [-0.2, -0.15) is 0 Å². The molecule has 0 heterocycles. The maximum absolute atomic E-state index is 12.0. The molecule has 1 saturated carbocycles. The summed E-state index contributed by atoms with van der Waals surface area (Å²) in [7, 11) is 0. The molecule has 1 aromatic rings. The first-order valence-corrected chi connectivity index (χ1v) is 7.36. The number of Topliss-reactive ketones (excluding diaryl/α,β-unsaturated/α-hetero) is 2. The van der Waals surface area contributed by atoms with Crippen LogP contribution in [-0.4, -0.2) is 24.1 Å². The lowest BCUT2D eigenvalue weighted by atomic mass is 9.75. The highest BCUT2D eigenvalue weighted by atomic mass is 16.5. The van der Waals surface area contributed by atoms with Crippen LogP contribution in [0.1, 0.15) is 31.7 Å². The van der Waals surface area contributed by atoms with E-state index in [1.54, 1.807) is 6.92 Å². The molecule has 21 heavy (non-hydrogen) atoms. The summed E-state index contributed by atoms with van der Waals surface area (Å²) >= 11 is 0. The molecule has 2 atom stereocenters. The third-order valence-corrected chi connectivity index (χ3v) is 3.87.